The maximum Gasteiger partial charge on any atom is 0.312 e. The molecule has 0 atom stereocenters. The summed E-state index contributed by atoms with van der Waals surface area (Å²) in [7, 11) is 0. The van der Waals surface area contributed by atoms with Crippen molar-refractivity contribution in [2.75, 3.05) is 0 Å². The molecule has 0 saturated carbocycles. The molecular weight excluding hydrogens is 406 g/mol. The predicted molar refractivity (Wildman–Crippen MR) is 85.0 cm³/mol. The van der Waals surface area contributed by atoms with Gasteiger partial charge in [-0.15, -0.1) is 0 Å². The second-order valence-corrected chi connectivity index (χ2v) is 6.00. The fourth-order valence-corrected chi connectivity index (χ4v) is 2.40. The number of nitro groups is 1. The second kappa shape index (κ2) is 6.36. The Morgan fingerprint density at radius 3 is 2.33 bits per heavy atom. The number of nitro benzene ring substituents is 1. The highest BCUT2D eigenvalue weighted by atomic mass is 79.9. The van der Waals surface area contributed by atoms with E-state index in [2.05, 4.69) is 31.9 Å². The quantitative estimate of drug-likeness (QED) is 0.395. The molecule has 0 radical (unpaired) electrons. The van der Waals surface area contributed by atoms with Crippen LogP contribution in [0.4, 0.5) is 5.69 Å². The SMILES string of the molecule is CC(=O)c1ccc(Br)cc1Oc1ccc(Br)cc1[N+](=O)[O-]. The fourth-order valence-electron chi connectivity index (χ4n) is 1.71. The van der Waals surface area contributed by atoms with E-state index in [1.807, 2.05) is 0 Å². The van der Waals surface area contributed by atoms with Gasteiger partial charge < -0.3 is 4.74 Å². The van der Waals surface area contributed by atoms with Gasteiger partial charge in [-0.05, 0) is 37.3 Å². The van der Waals surface area contributed by atoms with E-state index in [-0.39, 0.29) is 23.0 Å². The van der Waals surface area contributed by atoms with Gasteiger partial charge in [-0.25, -0.2) is 0 Å². The third-order valence-electron chi connectivity index (χ3n) is 2.66. The number of rotatable bonds is 4. The molecule has 5 nitrogen and oxygen atoms in total. The lowest BCUT2D eigenvalue weighted by Gasteiger charge is -2.10. The molecule has 0 amide bonds. The van der Waals surface area contributed by atoms with Crippen molar-refractivity contribution in [1.29, 1.82) is 0 Å². The molecule has 0 N–H and O–H groups in total. The summed E-state index contributed by atoms with van der Waals surface area (Å²) in [5, 5.41) is 11.1. The Bertz CT molecular complexity index is 731. The molecule has 108 valence electrons. The standard InChI is InChI=1S/C14H9Br2NO4/c1-8(18)11-4-2-10(16)7-14(11)21-13-5-3-9(15)6-12(13)17(19)20/h2-7H,1H3. The van der Waals surface area contributed by atoms with E-state index in [9.17, 15) is 14.9 Å². The van der Waals surface area contributed by atoms with Crippen LogP contribution in [-0.4, -0.2) is 10.7 Å². The van der Waals surface area contributed by atoms with Crippen LogP contribution in [0.25, 0.3) is 0 Å². The van der Waals surface area contributed by atoms with Crippen LogP contribution in [0.1, 0.15) is 17.3 Å². The Hall–Kier alpha value is -1.73. The van der Waals surface area contributed by atoms with Crippen molar-refractivity contribution in [2.45, 2.75) is 6.92 Å². The smallest absolute Gasteiger partial charge is 0.312 e. The molecule has 7 heteroatoms. The summed E-state index contributed by atoms with van der Waals surface area (Å²) in [6.07, 6.45) is 0. The first kappa shape index (κ1) is 15.7. The molecule has 0 saturated heterocycles. The molecule has 2 aromatic rings. The Kier molecular flexibility index (Phi) is 4.74. The first-order valence-electron chi connectivity index (χ1n) is 5.81. The minimum absolute atomic E-state index is 0.0730. The van der Waals surface area contributed by atoms with Crippen LogP contribution in [0.15, 0.2) is 45.3 Å². The van der Waals surface area contributed by atoms with Crippen molar-refractivity contribution in [3.63, 3.8) is 0 Å². The maximum atomic E-state index is 11.6. The molecule has 21 heavy (non-hydrogen) atoms. The lowest BCUT2D eigenvalue weighted by atomic mass is 10.1. The van der Waals surface area contributed by atoms with Crippen LogP contribution in [0.5, 0.6) is 11.5 Å². The number of ether oxygens (including phenoxy) is 1. The number of nitrogens with zero attached hydrogens (tertiary/aromatic N) is 1. The van der Waals surface area contributed by atoms with Gasteiger partial charge in [0.1, 0.15) is 5.75 Å². The van der Waals surface area contributed by atoms with Crippen molar-refractivity contribution in [3.05, 3.63) is 61.0 Å². The fraction of sp³-hybridized carbons (Fsp3) is 0.0714. The van der Waals surface area contributed by atoms with Gasteiger partial charge in [0.2, 0.25) is 5.75 Å². The topological polar surface area (TPSA) is 69.4 Å². The number of benzene rings is 2. The lowest BCUT2D eigenvalue weighted by Crippen LogP contribution is -1.99. The largest absolute Gasteiger partial charge is 0.449 e. The van der Waals surface area contributed by atoms with Gasteiger partial charge in [-0.2, -0.15) is 0 Å². The number of halogens is 2. The van der Waals surface area contributed by atoms with Gasteiger partial charge in [-0.1, -0.05) is 31.9 Å². The number of hydrogen-bond acceptors (Lipinski definition) is 4. The molecule has 0 heterocycles. The van der Waals surface area contributed by atoms with Gasteiger partial charge in [0.15, 0.2) is 5.78 Å². The monoisotopic (exact) mass is 413 g/mol. The van der Waals surface area contributed by atoms with Crippen molar-refractivity contribution in [2.24, 2.45) is 0 Å². The van der Waals surface area contributed by atoms with Gasteiger partial charge >= 0.3 is 5.69 Å². The summed E-state index contributed by atoms with van der Waals surface area (Å²) in [5.41, 5.74) is 0.175. The van der Waals surface area contributed by atoms with Gasteiger partial charge in [0, 0.05) is 15.0 Å². The lowest BCUT2D eigenvalue weighted by molar-refractivity contribution is -0.385. The minimum Gasteiger partial charge on any atom is -0.449 e. The highest BCUT2D eigenvalue weighted by Crippen LogP contribution is 2.36. The molecule has 0 bridgehead atoms. The van der Waals surface area contributed by atoms with Crippen LogP contribution in [0, 0.1) is 10.1 Å². The number of carbonyl (C=O) groups is 1. The number of carbonyl (C=O) groups excluding carboxylic acids is 1. The number of Topliss-reactive ketones (excluding diaryl/α,β-unsaturated/α-hetero) is 1. The Morgan fingerprint density at radius 2 is 1.71 bits per heavy atom. The zero-order chi connectivity index (χ0) is 15.6. The number of ketones is 1. The Morgan fingerprint density at radius 1 is 1.10 bits per heavy atom. The third kappa shape index (κ3) is 3.68. The van der Waals surface area contributed by atoms with Crippen LogP contribution >= 0.6 is 31.9 Å². The zero-order valence-corrected chi connectivity index (χ0v) is 14.0. The van der Waals surface area contributed by atoms with Crippen molar-refractivity contribution >= 4 is 43.3 Å². The van der Waals surface area contributed by atoms with Crippen LogP contribution in [-0.2, 0) is 0 Å². The van der Waals surface area contributed by atoms with Gasteiger partial charge in [0.05, 0.1) is 10.5 Å². The van der Waals surface area contributed by atoms with E-state index in [1.165, 1.54) is 19.1 Å². The van der Waals surface area contributed by atoms with E-state index >= 15 is 0 Å². The summed E-state index contributed by atoms with van der Waals surface area (Å²) >= 11 is 6.46. The summed E-state index contributed by atoms with van der Waals surface area (Å²) in [6.45, 7) is 1.41. The van der Waals surface area contributed by atoms with E-state index in [4.69, 9.17) is 4.74 Å². The molecule has 2 rings (SSSR count). The second-order valence-electron chi connectivity index (χ2n) is 4.17. The molecule has 2 aromatic carbocycles. The average molecular weight is 415 g/mol. The molecular formula is C14H9Br2NO4. The minimum atomic E-state index is -0.536. The summed E-state index contributed by atoms with van der Waals surface area (Å²) in [6, 6.07) is 9.37. The average Bonchev–Trinajstić information content (AvgIpc) is 2.40. The van der Waals surface area contributed by atoms with E-state index in [0.29, 0.717) is 14.5 Å². The first-order valence-corrected chi connectivity index (χ1v) is 7.39. The molecule has 0 aliphatic heterocycles. The third-order valence-corrected chi connectivity index (χ3v) is 3.65. The Labute approximate surface area is 137 Å². The van der Waals surface area contributed by atoms with Gasteiger partial charge in [-0.3, -0.25) is 14.9 Å². The summed E-state index contributed by atoms with van der Waals surface area (Å²) in [5.74, 6) is 0.156. The van der Waals surface area contributed by atoms with Crippen LogP contribution in [0.2, 0.25) is 0 Å². The molecule has 0 aromatic heterocycles. The first-order chi connectivity index (χ1) is 9.88. The maximum absolute atomic E-state index is 11.6. The van der Waals surface area contributed by atoms with E-state index in [1.54, 1.807) is 24.3 Å². The zero-order valence-electron chi connectivity index (χ0n) is 10.8. The normalized spacial score (nSPS) is 10.2. The van der Waals surface area contributed by atoms with Gasteiger partial charge in [0.25, 0.3) is 0 Å². The molecule has 0 aliphatic carbocycles. The van der Waals surface area contributed by atoms with E-state index < -0.39 is 4.92 Å². The van der Waals surface area contributed by atoms with Crippen LogP contribution < -0.4 is 4.74 Å². The highest BCUT2D eigenvalue weighted by Gasteiger charge is 2.18. The molecule has 0 aliphatic rings. The van der Waals surface area contributed by atoms with Crippen LogP contribution in [0.3, 0.4) is 0 Å². The Balaban J connectivity index is 2.50. The summed E-state index contributed by atoms with van der Waals surface area (Å²) in [4.78, 5) is 22.1. The molecule has 0 fully saturated rings. The van der Waals surface area contributed by atoms with E-state index in [0.717, 1.165) is 0 Å². The van der Waals surface area contributed by atoms with Crippen molar-refractivity contribution in [3.8, 4) is 11.5 Å². The molecule has 0 unspecified atom stereocenters. The molecule has 0 spiro atoms. The predicted octanol–water partition coefficient (Wildman–Crippen LogP) is 5.11. The van der Waals surface area contributed by atoms with Crippen molar-refractivity contribution < 1.29 is 14.5 Å². The van der Waals surface area contributed by atoms with Crippen molar-refractivity contribution in [1.82, 2.24) is 0 Å². The summed E-state index contributed by atoms with van der Waals surface area (Å²) < 4.78 is 6.87. The number of hydrogen-bond donors (Lipinski definition) is 0. The highest BCUT2D eigenvalue weighted by molar-refractivity contribution is 9.10.